The summed E-state index contributed by atoms with van der Waals surface area (Å²) in [6.07, 6.45) is 1.02. The average molecular weight is 475 g/mol. The van der Waals surface area contributed by atoms with E-state index in [0.717, 1.165) is 28.6 Å². The van der Waals surface area contributed by atoms with Gasteiger partial charge in [0.05, 0.1) is 0 Å². The third-order valence-electron chi connectivity index (χ3n) is 6.26. The maximum absolute atomic E-state index is 13.9. The van der Waals surface area contributed by atoms with Gasteiger partial charge in [0.1, 0.15) is 0 Å². The standard InChI is InChI=1S/C28H29NOSe/c1-4-22-15-17-24(18-16-22)26-21(2)28(3,20-31-25-13-9-6-10-14-25)27(30)29(26)19-23-11-7-5-8-12-23/h5-18H,4,19-20H2,1-3H3. The average Bonchev–Trinajstić information content (AvgIpc) is 3.00. The summed E-state index contributed by atoms with van der Waals surface area (Å²) in [5.74, 6) is 0.223. The SMILES string of the molecule is CCc1ccc(C2=C(C)C(C)(C[Se]c3ccccc3)C(=O)N2Cc2ccccc2)cc1. The number of nitrogens with zero attached hydrogens (tertiary/aromatic N) is 1. The second kappa shape index (κ2) is 9.26. The van der Waals surface area contributed by atoms with Crippen LogP contribution in [0.15, 0.2) is 90.5 Å². The predicted octanol–water partition coefficient (Wildman–Crippen LogP) is 5.48. The molecule has 1 unspecified atom stereocenters. The molecular weight excluding hydrogens is 445 g/mol. The van der Waals surface area contributed by atoms with Crippen LogP contribution in [-0.2, 0) is 17.8 Å². The second-order valence-electron chi connectivity index (χ2n) is 8.33. The van der Waals surface area contributed by atoms with Gasteiger partial charge in [0.25, 0.3) is 0 Å². The van der Waals surface area contributed by atoms with Crippen LogP contribution in [0.25, 0.3) is 5.70 Å². The Labute approximate surface area is 192 Å². The van der Waals surface area contributed by atoms with Gasteiger partial charge in [-0.05, 0) is 0 Å². The van der Waals surface area contributed by atoms with Gasteiger partial charge < -0.3 is 0 Å². The molecule has 4 rings (SSSR count). The van der Waals surface area contributed by atoms with E-state index in [4.69, 9.17) is 0 Å². The Morgan fingerprint density at radius 2 is 1.45 bits per heavy atom. The first-order valence-electron chi connectivity index (χ1n) is 10.9. The van der Waals surface area contributed by atoms with Gasteiger partial charge in [-0.15, -0.1) is 0 Å². The van der Waals surface area contributed by atoms with Gasteiger partial charge in [0, 0.05) is 0 Å². The number of carbonyl (C=O) groups is 1. The molecule has 3 heteroatoms. The molecule has 31 heavy (non-hydrogen) atoms. The van der Waals surface area contributed by atoms with E-state index >= 15 is 0 Å². The molecule has 0 aromatic heterocycles. The summed E-state index contributed by atoms with van der Waals surface area (Å²) < 4.78 is 1.34. The molecule has 0 radical (unpaired) electrons. The van der Waals surface area contributed by atoms with Crippen molar-refractivity contribution in [3.63, 3.8) is 0 Å². The topological polar surface area (TPSA) is 20.3 Å². The molecule has 0 fully saturated rings. The third kappa shape index (κ3) is 4.39. The zero-order valence-electron chi connectivity index (χ0n) is 18.5. The van der Waals surface area contributed by atoms with Gasteiger partial charge in [-0.2, -0.15) is 0 Å². The van der Waals surface area contributed by atoms with Crippen molar-refractivity contribution in [1.82, 2.24) is 4.90 Å². The molecule has 3 aromatic carbocycles. The first-order valence-corrected chi connectivity index (χ1v) is 12.9. The van der Waals surface area contributed by atoms with Crippen LogP contribution in [0.2, 0.25) is 5.32 Å². The Morgan fingerprint density at radius 3 is 2.06 bits per heavy atom. The number of carbonyl (C=O) groups excluding carboxylic acids is 1. The van der Waals surface area contributed by atoms with Gasteiger partial charge in [0.15, 0.2) is 0 Å². The summed E-state index contributed by atoms with van der Waals surface area (Å²) >= 11 is 0.243. The Kier molecular flexibility index (Phi) is 6.46. The van der Waals surface area contributed by atoms with Crippen LogP contribution in [0.1, 0.15) is 37.5 Å². The molecule has 3 aromatic rings. The Bertz CT molecular complexity index is 1070. The van der Waals surface area contributed by atoms with Crippen molar-refractivity contribution in [2.75, 3.05) is 0 Å². The number of hydrogen-bond donors (Lipinski definition) is 0. The maximum atomic E-state index is 13.9. The van der Waals surface area contributed by atoms with Gasteiger partial charge >= 0.3 is 192 Å². The summed E-state index contributed by atoms with van der Waals surface area (Å²) in [5.41, 5.74) is 5.41. The van der Waals surface area contributed by atoms with Crippen molar-refractivity contribution < 1.29 is 4.79 Å². The molecule has 0 spiro atoms. The summed E-state index contributed by atoms with van der Waals surface area (Å²) in [5, 5.41) is 0.872. The van der Waals surface area contributed by atoms with Crippen molar-refractivity contribution in [1.29, 1.82) is 0 Å². The van der Waals surface area contributed by atoms with E-state index in [0.29, 0.717) is 6.54 Å². The van der Waals surface area contributed by atoms with Crippen molar-refractivity contribution in [2.24, 2.45) is 5.41 Å². The molecule has 0 bridgehead atoms. The zero-order chi connectivity index (χ0) is 21.8. The van der Waals surface area contributed by atoms with Crippen molar-refractivity contribution in [2.45, 2.75) is 39.1 Å². The van der Waals surface area contributed by atoms with Crippen LogP contribution < -0.4 is 4.46 Å². The van der Waals surface area contributed by atoms with E-state index < -0.39 is 5.41 Å². The van der Waals surface area contributed by atoms with Crippen LogP contribution >= 0.6 is 0 Å². The number of hydrogen-bond acceptors (Lipinski definition) is 1. The summed E-state index contributed by atoms with van der Waals surface area (Å²) in [6.45, 7) is 7.08. The predicted molar refractivity (Wildman–Crippen MR) is 130 cm³/mol. The van der Waals surface area contributed by atoms with Gasteiger partial charge in [-0.3, -0.25) is 0 Å². The fourth-order valence-corrected chi connectivity index (χ4v) is 6.53. The monoisotopic (exact) mass is 475 g/mol. The van der Waals surface area contributed by atoms with Gasteiger partial charge in [-0.25, -0.2) is 0 Å². The van der Waals surface area contributed by atoms with E-state index in [9.17, 15) is 4.79 Å². The zero-order valence-corrected chi connectivity index (χ0v) is 20.2. The summed E-state index contributed by atoms with van der Waals surface area (Å²) in [7, 11) is 0. The van der Waals surface area contributed by atoms with Gasteiger partial charge in [-0.1, -0.05) is 0 Å². The Morgan fingerprint density at radius 1 is 0.839 bits per heavy atom. The van der Waals surface area contributed by atoms with E-state index in [1.165, 1.54) is 15.6 Å². The fraction of sp³-hybridized carbons (Fsp3) is 0.250. The normalized spacial score (nSPS) is 18.7. The molecule has 1 aliphatic rings. The first kappa shape index (κ1) is 21.6. The number of amides is 1. The third-order valence-corrected chi connectivity index (χ3v) is 9.04. The number of rotatable bonds is 7. The molecule has 1 atom stereocenters. The summed E-state index contributed by atoms with van der Waals surface area (Å²) in [4.78, 5) is 15.9. The molecule has 1 aliphatic heterocycles. The minimum absolute atomic E-state index is 0.223. The van der Waals surface area contributed by atoms with Crippen LogP contribution in [0.4, 0.5) is 0 Å². The van der Waals surface area contributed by atoms with Crippen LogP contribution in [0, 0.1) is 5.41 Å². The fourth-order valence-electron chi connectivity index (χ4n) is 4.13. The molecule has 0 aliphatic carbocycles. The van der Waals surface area contributed by atoms with E-state index in [1.807, 2.05) is 29.2 Å². The van der Waals surface area contributed by atoms with E-state index in [1.54, 1.807) is 0 Å². The molecule has 2 nitrogen and oxygen atoms in total. The molecule has 0 N–H and O–H groups in total. The van der Waals surface area contributed by atoms with E-state index in [-0.39, 0.29) is 20.9 Å². The first-order chi connectivity index (χ1) is 15.0. The Hall–Kier alpha value is -2.61. The molecule has 1 heterocycles. The molecule has 0 saturated carbocycles. The van der Waals surface area contributed by atoms with E-state index in [2.05, 4.69) is 81.4 Å². The molecule has 1 amide bonds. The number of aryl methyl sites for hydroxylation is 1. The van der Waals surface area contributed by atoms with Crippen LogP contribution in [-0.4, -0.2) is 25.8 Å². The van der Waals surface area contributed by atoms with Gasteiger partial charge in [0.2, 0.25) is 0 Å². The minimum atomic E-state index is -0.469. The van der Waals surface area contributed by atoms with Crippen LogP contribution in [0.5, 0.6) is 0 Å². The number of benzene rings is 3. The quantitative estimate of drug-likeness (QED) is 0.416. The summed E-state index contributed by atoms with van der Waals surface area (Å²) in [6, 6.07) is 29.6. The molecule has 0 saturated heterocycles. The van der Waals surface area contributed by atoms with Crippen molar-refractivity contribution >= 4 is 31.0 Å². The van der Waals surface area contributed by atoms with Crippen molar-refractivity contribution in [3.05, 3.63) is 107 Å². The molecule has 158 valence electrons. The molecular formula is C28H29NOSe. The second-order valence-corrected chi connectivity index (χ2v) is 10.5. The van der Waals surface area contributed by atoms with Crippen LogP contribution in [0.3, 0.4) is 0 Å². The Balaban J connectivity index is 1.71. The van der Waals surface area contributed by atoms with Crippen molar-refractivity contribution in [3.8, 4) is 0 Å².